The first-order chi connectivity index (χ1) is 26.1. The Bertz CT molecular complexity index is 2530. The van der Waals surface area contributed by atoms with Gasteiger partial charge in [0.05, 0.1) is 11.1 Å². The highest BCUT2D eigenvalue weighted by molar-refractivity contribution is 6.07. The van der Waals surface area contributed by atoms with Crippen molar-refractivity contribution in [3.8, 4) is 33.4 Å². The molecule has 2 aliphatic rings. The third kappa shape index (κ3) is 4.57. The molecule has 2 aliphatic carbocycles. The molecule has 8 aromatic carbocycles. The van der Waals surface area contributed by atoms with Crippen molar-refractivity contribution in [2.24, 2.45) is 0 Å². The zero-order chi connectivity index (χ0) is 35.6. The minimum Gasteiger partial charge on any atom is -0.309 e. The SMILES string of the molecule is CC1(C)c2ccccc2-c2c1cc1c(c2N(c2ccccc2)c2ccccc2)-c2ccc(-c3ccccc3)cc2C1(c1ccccc1)c1ccccc1. The van der Waals surface area contributed by atoms with Crippen molar-refractivity contribution >= 4 is 17.1 Å². The Morgan fingerprint density at radius 2 is 0.830 bits per heavy atom. The van der Waals surface area contributed by atoms with Crippen LogP contribution in [0.1, 0.15) is 47.2 Å². The summed E-state index contributed by atoms with van der Waals surface area (Å²) in [5.74, 6) is 0. The predicted octanol–water partition coefficient (Wildman–Crippen LogP) is 13.5. The molecule has 252 valence electrons. The third-order valence-electron chi connectivity index (χ3n) is 11.7. The molecule has 10 rings (SSSR count). The minimum atomic E-state index is -0.578. The molecule has 0 spiro atoms. The average Bonchev–Trinajstić information content (AvgIpc) is 3.65. The second kappa shape index (κ2) is 12.1. The van der Waals surface area contributed by atoms with Gasteiger partial charge in [-0.2, -0.15) is 0 Å². The first kappa shape index (κ1) is 31.3. The number of hydrogen-bond donors (Lipinski definition) is 0. The van der Waals surface area contributed by atoms with Gasteiger partial charge < -0.3 is 4.90 Å². The van der Waals surface area contributed by atoms with Crippen molar-refractivity contribution in [2.45, 2.75) is 24.7 Å². The molecule has 0 bridgehead atoms. The summed E-state index contributed by atoms with van der Waals surface area (Å²) in [5, 5.41) is 0. The molecule has 0 N–H and O–H groups in total. The maximum atomic E-state index is 2.59. The fourth-order valence-electron chi connectivity index (χ4n) is 9.37. The van der Waals surface area contributed by atoms with Gasteiger partial charge in [-0.3, -0.25) is 0 Å². The second-order valence-electron chi connectivity index (χ2n) is 14.9. The van der Waals surface area contributed by atoms with Crippen LogP contribution in [0, 0.1) is 0 Å². The first-order valence-corrected chi connectivity index (χ1v) is 18.6. The van der Waals surface area contributed by atoms with Gasteiger partial charge in [0.2, 0.25) is 0 Å². The maximum absolute atomic E-state index is 2.59. The van der Waals surface area contributed by atoms with Gasteiger partial charge in [0, 0.05) is 27.9 Å². The molecule has 1 nitrogen and oxygen atoms in total. The number of anilines is 3. The molecule has 0 aliphatic heterocycles. The third-order valence-corrected chi connectivity index (χ3v) is 11.7. The van der Waals surface area contributed by atoms with Crippen molar-refractivity contribution in [3.05, 3.63) is 234 Å². The number of fused-ring (bicyclic) bond motifs is 6. The van der Waals surface area contributed by atoms with Gasteiger partial charge >= 0.3 is 0 Å². The normalized spacial score (nSPS) is 14.2. The number of nitrogens with zero attached hydrogens (tertiary/aromatic N) is 1. The van der Waals surface area contributed by atoms with Crippen molar-refractivity contribution in [1.29, 1.82) is 0 Å². The lowest BCUT2D eigenvalue weighted by Crippen LogP contribution is -2.29. The fraction of sp³-hybridized carbons (Fsp3) is 0.0769. The van der Waals surface area contributed by atoms with E-state index in [1.54, 1.807) is 0 Å². The summed E-state index contributed by atoms with van der Waals surface area (Å²) in [6.07, 6.45) is 0. The first-order valence-electron chi connectivity index (χ1n) is 18.6. The van der Waals surface area contributed by atoms with Crippen LogP contribution in [-0.4, -0.2) is 0 Å². The van der Waals surface area contributed by atoms with Gasteiger partial charge in [-0.05, 0) is 86.0 Å². The van der Waals surface area contributed by atoms with Gasteiger partial charge in [0.1, 0.15) is 0 Å². The maximum Gasteiger partial charge on any atom is 0.0714 e. The highest BCUT2D eigenvalue weighted by Gasteiger charge is 2.51. The molecule has 0 fully saturated rings. The summed E-state index contributed by atoms with van der Waals surface area (Å²) in [6.45, 7) is 4.82. The molecule has 0 unspecified atom stereocenters. The highest BCUT2D eigenvalue weighted by Crippen LogP contribution is 2.65. The summed E-state index contributed by atoms with van der Waals surface area (Å²) >= 11 is 0. The smallest absolute Gasteiger partial charge is 0.0714 e. The molecular formula is C52H39N. The molecule has 8 aromatic rings. The molecular weight excluding hydrogens is 639 g/mol. The quantitative estimate of drug-likeness (QED) is 0.169. The van der Waals surface area contributed by atoms with E-state index in [4.69, 9.17) is 0 Å². The molecule has 0 radical (unpaired) electrons. The average molecular weight is 678 g/mol. The lowest BCUT2D eigenvalue weighted by molar-refractivity contribution is 0.656. The molecule has 0 saturated carbocycles. The zero-order valence-electron chi connectivity index (χ0n) is 30.0. The van der Waals surface area contributed by atoms with Crippen molar-refractivity contribution < 1.29 is 0 Å². The molecule has 1 heteroatoms. The van der Waals surface area contributed by atoms with E-state index in [2.05, 4.69) is 219 Å². The summed E-state index contributed by atoms with van der Waals surface area (Å²) < 4.78 is 0. The Labute approximate surface area is 312 Å². The number of para-hydroxylation sites is 2. The van der Waals surface area contributed by atoms with Crippen LogP contribution < -0.4 is 4.90 Å². The Kier molecular flexibility index (Phi) is 7.13. The van der Waals surface area contributed by atoms with Crippen molar-refractivity contribution in [1.82, 2.24) is 0 Å². The van der Waals surface area contributed by atoms with Gasteiger partial charge in [-0.25, -0.2) is 0 Å². The zero-order valence-corrected chi connectivity index (χ0v) is 30.0. The summed E-state index contributed by atoms with van der Waals surface area (Å²) in [7, 11) is 0. The Morgan fingerprint density at radius 3 is 1.42 bits per heavy atom. The second-order valence-corrected chi connectivity index (χ2v) is 14.9. The van der Waals surface area contributed by atoms with Gasteiger partial charge in [0.25, 0.3) is 0 Å². The van der Waals surface area contributed by atoms with Crippen LogP contribution in [0.4, 0.5) is 17.1 Å². The van der Waals surface area contributed by atoms with Gasteiger partial charge in [-0.15, -0.1) is 0 Å². The lowest BCUT2D eigenvalue weighted by atomic mass is 9.66. The van der Waals surface area contributed by atoms with Crippen LogP contribution in [-0.2, 0) is 10.8 Å². The molecule has 0 heterocycles. The minimum absolute atomic E-state index is 0.224. The van der Waals surface area contributed by atoms with E-state index in [1.165, 1.54) is 72.4 Å². The lowest BCUT2D eigenvalue weighted by Gasteiger charge is -2.36. The van der Waals surface area contributed by atoms with Crippen molar-refractivity contribution in [3.63, 3.8) is 0 Å². The molecule has 53 heavy (non-hydrogen) atoms. The van der Waals surface area contributed by atoms with E-state index in [-0.39, 0.29) is 5.41 Å². The van der Waals surface area contributed by atoms with E-state index >= 15 is 0 Å². The van der Waals surface area contributed by atoms with E-state index in [0.29, 0.717) is 0 Å². The van der Waals surface area contributed by atoms with E-state index in [1.807, 2.05) is 0 Å². The molecule has 0 atom stereocenters. The van der Waals surface area contributed by atoms with Crippen LogP contribution in [0.3, 0.4) is 0 Å². The largest absolute Gasteiger partial charge is 0.309 e. The van der Waals surface area contributed by atoms with Crippen LogP contribution in [0.2, 0.25) is 0 Å². The summed E-state index contributed by atoms with van der Waals surface area (Å²) in [6, 6.07) is 74.0. The standard InChI is InChI=1S/C52H39N/c1-51(2)44-31-19-18-30-42(44)48-46(51)35-47-49(50(48)53(40-26-14-6-15-27-40)41-28-16-7-17-29-41)43-33-32-37(36-20-8-3-9-21-36)34-45(43)52(47,38-22-10-4-11-23-38)39-24-12-5-13-25-39/h3-35H,1-2H3. The van der Waals surface area contributed by atoms with E-state index in [0.717, 1.165) is 11.4 Å². The number of benzene rings is 8. The van der Waals surface area contributed by atoms with Crippen LogP contribution in [0.25, 0.3) is 33.4 Å². The Balaban J connectivity index is 1.44. The molecule has 0 saturated heterocycles. The summed E-state index contributed by atoms with van der Waals surface area (Å²) in [5.41, 5.74) is 18.2. The van der Waals surface area contributed by atoms with Crippen LogP contribution in [0.5, 0.6) is 0 Å². The van der Waals surface area contributed by atoms with Crippen molar-refractivity contribution in [2.75, 3.05) is 4.90 Å². The van der Waals surface area contributed by atoms with E-state index in [9.17, 15) is 0 Å². The van der Waals surface area contributed by atoms with Crippen LogP contribution >= 0.6 is 0 Å². The van der Waals surface area contributed by atoms with Crippen LogP contribution in [0.15, 0.2) is 200 Å². The monoisotopic (exact) mass is 677 g/mol. The van der Waals surface area contributed by atoms with E-state index < -0.39 is 5.41 Å². The molecule has 0 aromatic heterocycles. The topological polar surface area (TPSA) is 3.24 Å². The Morgan fingerprint density at radius 1 is 0.358 bits per heavy atom. The highest BCUT2D eigenvalue weighted by atomic mass is 15.1. The fourth-order valence-corrected chi connectivity index (χ4v) is 9.37. The molecule has 0 amide bonds. The number of hydrogen-bond acceptors (Lipinski definition) is 1. The predicted molar refractivity (Wildman–Crippen MR) is 221 cm³/mol. The summed E-state index contributed by atoms with van der Waals surface area (Å²) in [4.78, 5) is 2.52. The van der Waals surface area contributed by atoms with Gasteiger partial charge in [-0.1, -0.05) is 184 Å². The number of rotatable bonds is 6. The Hall–Kier alpha value is -6.44. The van der Waals surface area contributed by atoms with Gasteiger partial charge in [0.15, 0.2) is 0 Å².